The summed E-state index contributed by atoms with van der Waals surface area (Å²) in [4.78, 5) is 41.5. The smallest absolute Gasteiger partial charge is 0.467 e. The van der Waals surface area contributed by atoms with E-state index in [1.54, 1.807) is 29.2 Å². The first-order chi connectivity index (χ1) is 20.6. The van der Waals surface area contributed by atoms with Crippen LogP contribution in [0.1, 0.15) is 68.8 Å². The van der Waals surface area contributed by atoms with Crippen LogP contribution in [0.3, 0.4) is 0 Å². The van der Waals surface area contributed by atoms with Crippen molar-refractivity contribution in [2.45, 2.75) is 77.4 Å². The lowest BCUT2D eigenvalue weighted by atomic mass is 9.65. The van der Waals surface area contributed by atoms with Gasteiger partial charge in [0.05, 0.1) is 13.7 Å². The number of hydrogen-bond acceptors (Lipinski definition) is 6. The van der Waals surface area contributed by atoms with E-state index in [0.717, 1.165) is 38.4 Å². The summed E-state index contributed by atoms with van der Waals surface area (Å²) in [5.41, 5.74) is 1.39. The summed E-state index contributed by atoms with van der Waals surface area (Å²) in [6.07, 6.45) is -1.93. The minimum atomic E-state index is -4.81. The van der Waals surface area contributed by atoms with E-state index in [9.17, 15) is 32.7 Å². The number of ether oxygens (including phenoxy) is 2. The molecule has 2 fully saturated rings. The van der Waals surface area contributed by atoms with Crippen molar-refractivity contribution in [2.24, 2.45) is 11.3 Å². The molecule has 3 amide bonds. The maximum atomic E-state index is 14.1. The Morgan fingerprint density at radius 2 is 1.64 bits per heavy atom. The van der Waals surface area contributed by atoms with Crippen molar-refractivity contribution in [1.29, 1.82) is 0 Å². The minimum absolute atomic E-state index is 0.153. The molecule has 2 aromatic carbocycles. The first-order valence-corrected chi connectivity index (χ1v) is 14.7. The van der Waals surface area contributed by atoms with E-state index in [-0.39, 0.29) is 35.8 Å². The van der Waals surface area contributed by atoms with Crippen LogP contribution in [0.4, 0.5) is 23.7 Å². The molecule has 1 spiro atoms. The van der Waals surface area contributed by atoms with Gasteiger partial charge < -0.3 is 24.8 Å². The molecule has 12 heteroatoms. The maximum Gasteiger partial charge on any atom is 0.573 e. The zero-order chi connectivity index (χ0) is 32.3. The van der Waals surface area contributed by atoms with Crippen LogP contribution in [0, 0.1) is 11.3 Å². The number of urea groups is 1. The Labute approximate surface area is 255 Å². The summed E-state index contributed by atoms with van der Waals surface area (Å²) in [6, 6.07) is 11.8. The van der Waals surface area contributed by atoms with Crippen molar-refractivity contribution in [3.05, 3.63) is 59.7 Å². The van der Waals surface area contributed by atoms with Crippen LogP contribution in [0.5, 0.6) is 5.75 Å². The molecule has 1 saturated heterocycles. The second kappa shape index (κ2) is 13.1. The Morgan fingerprint density at radius 3 is 2.18 bits per heavy atom. The van der Waals surface area contributed by atoms with Gasteiger partial charge in [-0.25, -0.2) is 9.59 Å². The SMILES string of the molecule is COC(=O)C(O)CNC(=O)c1ccc(CN2C(=O)N(c3ccc(OC(F)(F)F)cc3)CCC23CCC(C(C)(C)C)CC3)cc1. The summed E-state index contributed by atoms with van der Waals surface area (Å²) in [7, 11) is 1.14. The number of hydrogen-bond donors (Lipinski definition) is 2. The van der Waals surface area contributed by atoms with Gasteiger partial charge in [-0.3, -0.25) is 9.69 Å². The van der Waals surface area contributed by atoms with Crippen molar-refractivity contribution >= 4 is 23.6 Å². The number of methoxy groups -OCH3 is 1. The normalized spacial score (nSPS) is 21.6. The van der Waals surface area contributed by atoms with Crippen LogP contribution < -0.4 is 15.0 Å². The Bertz CT molecular complexity index is 1320. The van der Waals surface area contributed by atoms with E-state index in [1.165, 1.54) is 24.3 Å². The third-order valence-electron chi connectivity index (χ3n) is 8.84. The third kappa shape index (κ3) is 7.82. The Kier molecular flexibility index (Phi) is 9.82. The van der Waals surface area contributed by atoms with Gasteiger partial charge in [0.1, 0.15) is 5.75 Å². The first kappa shape index (κ1) is 33.1. The molecule has 1 unspecified atom stereocenters. The van der Waals surface area contributed by atoms with Gasteiger partial charge in [0.2, 0.25) is 0 Å². The van der Waals surface area contributed by atoms with Crippen LogP contribution in [0.25, 0.3) is 0 Å². The number of carbonyl (C=O) groups excluding carboxylic acids is 3. The zero-order valence-corrected chi connectivity index (χ0v) is 25.4. The Balaban J connectivity index is 1.53. The number of esters is 1. The molecule has 0 radical (unpaired) electrons. The lowest BCUT2D eigenvalue weighted by molar-refractivity contribution is -0.274. The molecule has 2 aromatic rings. The number of aliphatic hydroxyl groups is 1. The quantitative estimate of drug-likeness (QED) is 0.370. The number of anilines is 1. The van der Waals surface area contributed by atoms with Crippen molar-refractivity contribution < 1.29 is 42.1 Å². The van der Waals surface area contributed by atoms with Crippen molar-refractivity contribution in [3.8, 4) is 5.75 Å². The third-order valence-corrected chi connectivity index (χ3v) is 8.84. The number of carbonyl (C=O) groups is 3. The van der Waals surface area contributed by atoms with Gasteiger partial charge in [-0.15, -0.1) is 13.2 Å². The molecule has 0 aromatic heterocycles. The second-order valence-electron chi connectivity index (χ2n) is 12.6. The maximum absolute atomic E-state index is 14.1. The van der Waals surface area contributed by atoms with E-state index in [1.807, 2.05) is 4.90 Å². The monoisotopic (exact) mass is 619 g/mol. The van der Waals surface area contributed by atoms with Crippen LogP contribution >= 0.6 is 0 Å². The van der Waals surface area contributed by atoms with Crippen LogP contribution in [-0.4, -0.2) is 66.1 Å². The Morgan fingerprint density at radius 1 is 1.02 bits per heavy atom. The molecule has 4 rings (SSSR count). The summed E-state index contributed by atoms with van der Waals surface area (Å²) in [6.45, 7) is 7.13. The number of nitrogens with zero attached hydrogens (tertiary/aromatic N) is 2. The number of nitrogens with one attached hydrogen (secondary N) is 1. The molecule has 0 bridgehead atoms. The van der Waals surface area contributed by atoms with Gasteiger partial charge >= 0.3 is 18.4 Å². The lowest BCUT2D eigenvalue weighted by Gasteiger charge is -2.54. The zero-order valence-electron chi connectivity index (χ0n) is 25.4. The predicted molar refractivity (Wildman–Crippen MR) is 157 cm³/mol. The molecule has 1 heterocycles. The van der Waals surface area contributed by atoms with Crippen molar-refractivity contribution in [3.63, 3.8) is 0 Å². The fraction of sp³-hybridized carbons (Fsp3) is 0.531. The summed E-state index contributed by atoms with van der Waals surface area (Å²) >= 11 is 0. The largest absolute Gasteiger partial charge is 0.573 e. The molecular formula is C32H40F3N3O6. The molecule has 1 atom stereocenters. The molecule has 1 aliphatic heterocycles. The highest BCUT2D eigenvalue weighted by Crippen LogP contribution is 2.47. The highest BCUT2D eigenvalue weighted by molar-refractivity contribution is 5.95. The molecule has 240 valence electrons. The topological polar surface area (TPSA) is 108 Å². The second-order valence-corrected chi connectivity index (χ2v) is 12.6. The number of aliphatic hydroxyl groups excluding tert-OH is 1. The molecular weight excluding hydrogens is 579 g/mol. The van der Waals surface area contributed by atoms with Gasteiger partial charge in [-0.2, -0.15) is 0 Å². The summed E-state index contributed by atoms with van der Waals surface area (Å²) < 4.78 is 46.4. The molecule has 1 aliphatic carbocycles. The average molecular weight is 620 g/mol. The van der Waals surface area contributed by atoms with E-state index in [4.69, 9.17) is 0 Å². The van der Waals surface area contributed by atoms with Gasteiger partial charge in [-0.1, -0.05) is 32.9 Å². The van der Waals surface area contributed by atoms with Gasteiger partial charge in [-0.05, 0) is 85.4 Å². The summed E-state index contributed by atoms with van der Waals surface area (Å²) in [5, 5.41) is 12.2. The Hall–Kier alpha value is -3.80. The molecule has 2 N–H and O–H groups in total. The highest BCUT2D eigenvalue weighted by atomic mass is 19.4. The van der Waals surface area contributed by atoms with Gasteiger partial charge in [0.15, 0.2) is 6.10 Å². The number of alkyl halides is 3. The fourth-order valence-electron chi connectivity index (χ4n) is 6.20. The summed E-state index contributed by atoms with van der Waals surface area (Å²) in [5.74, 6) is -1.16. The van der Waals surface area contributed by atoms with Gasteiger partial charge in [0.25, 0.3) is 5.91 Å². The minimum Gasteiger partial charge on any atom is -0.467 e. The van der Waals surface area contributed by atoms with E-state index < -0.39 is 24.3 Å². The van der Waals surface area contributed by atoms with Crippen molar-refractivity contribution in [1.82, 2.24) is 10.2 Å². The van der Waals surface area contributed by atoms with Gasteiger partial charge in [0, 0.05) is 29.9 Å². The van der Waals surface area contributed by atoms with E-state index in [2.05, 4.69) is 35.6 Å². The van der Waals surface area contributed by atoms with E-state index >= 15 is 0 Å². The highest BCUT2D eigenvalue weighted by Gasteiger charge is 2.48. The fourth-order valence-corrected chi connectivity index (χ4v) is 6.20. The van der Waals surface area contributed by atoms with Crippen LogP contribution in [0.2, 0.25) is 0 Å². The van der Waals surface area contributed by atoms with Crippen LogP contribution in [0.15, 0.2) is 48.5 Å². The average Bonchev–Trinajstić information content (AvgIpc) is 2.97. The van der Waals surface area contributed by atoms with Crippen LogP contribution in [-0.2, 0) is 16.1 Å². The number of rotatable bonds is 8. The standard InChI is InChI=1S/C32H40F3N3O6/c1-30(2,3)23-13-15-31(16-14-23)17-18-37(24-9-11-25(12-10-24)44-32(33,34)35)29(42)38(31)20-21-5-7-22(8-6-21)27(40)36-19-26(39)28(41)43-4/h5-12,23,26,39H,13-20H2,1-4H3,(H,36,40). The molecule has 2 aliphatic rings. The predicted octanol–water partition coefficient (Wildman–Crippen LogP) is 5.66. The van der Waals surface area contributed by atoms with E-state index in [0.29, 0.717) is 30.1 Å². The number of amides is 3. The van der Waals surface area contributed by atoms with Crippen molar-refractivity contribution in [2.75, 3.05) is 25.1 Å². The molecule has 44 heavy (non-hydrogen) atoms. The lowest BCUT2D eigenvalue weighted by Crippen LogP contribution is -2.63. The number of halogens is 3. The number of benzene rings is 2. The molecule has 1 saturated carbocycles. The molecule has 9 nitrogen and oxygen atoms in total. The first-order valence-electron chi connectivity index (χ1n) is 14.7.